The molecule has 3 aromatic rings. The molecule has 0 unspecified atom stereocenters. The van der Waals surface area contributed by atoms with Crippen molar-refractivity contribution in [2.45, 2.75) is 38.5 Å². The number of aromatic nitrogens is 3. The first-order valence-corrected chi connectivity index (χ1v) is 11.5. The number of hydrogen-bond acceptors (Lipinski definition) is 5. The largest absolute Gasteiger partial charge is 0.334 e. The van der Waals surface area contributed by atoms with Crippen LogP contribution in [0.15, 0.2) is 24.3 Å². The Morgan fingerprint density at radius 3 is 2.43 bits per heavy atom. The molecule has 9 nitrogen and oxygen atoms in total. The zero-order valence-corrected chi connectivity index (χ0v) is 17.3. The van der Waals surface area contributed by atoms with Crippen molar-refractivity contribution in [3.05, 3.63) is 46.5 Å². The number of benzene rings is 2. The summed E-state index contributed by atoms with van der Waals surface area (Å²) in [6.45, 7) is 0. The van der Waals surface area contributed by atoms with Crippen LogP contribution in [0.3, 0.4) is 0 Å². The Morgan fingerprint density at radius 1 is 1.03 bits per heavy atom. The van der Waals surface area contributed by atoms with Gasteiger partial charge in [0, 0.05) is 12.7 Å². The summed E-state index contributed by atoms with van der Waals surface area (Å²) < 4.78 is 31.0. The van der Waals surface area contributed by atoms with E-state index < -0.39 is 16.2 Å². The summed E-state index contributed by atoms with van der Waals surface area (Å²) in [5.74, 6) is 0. The van der Waals surface area contributed by atoms with Crippen LogP contribution < -0.4 is 14.8 Å². The third-order valence-electron chi connectivity index (χ3n) is 5.80. The number of urea groups is 1. The van der Waals surface area contributed by atoms with Crippen LogP contribution >= 0.6 is 0 Å². The second-order valence-corrected chi connectivity index (χ2v) is 9.23. The second kappa shape index (κ2) is 6.98. The number of anilines is 2. The van der Waals surface area contributed by atoms with Gasteiger partial charge in [-0.25, -0.2) is 14.2 Å². The molecule has 30 heavy (non-hydrogen) atoms. The zero-order chi connectivity index (χ0) is 20.9. The van der Waals surface area contributed by atoms with Crippen molar-refractivity contribution in [2.75, 3.05) is 10.0 Å². The van der Waals surface area contributed by atoms with Crippen molar-refractivity contribution in [2.24, 2.45) is 7.05 Å². The molecule has 1 heterocycles. The van der Waals surface area contributed by atoms with Crippen LogP contribution in [0.25, 0.3) is 11.0 Å². The smallest absolute Gasteiger partial charge is 0.307 e. The lowest BCUT2D eigenvalue weighted by Gasteiger charge is -2.17. The summed E-state index contributed by atoms with van der Waals surface area (Å²) in [5, 5.41) is 10.7. The van der Waals surface area contributed by atoms with Crippen molar-refractivity contribution in [1.29, 1.82) is 0 Å². The highest BCUT2D eigenvalue weighted by Gasteiger charge is 2.26. The van der Waals surface area contributed by atoms with E-state index >= 15 is 0 Å². The van der Waals surface area contributed by atoms with Gasteiger partial charge in [-0.15, -0.1) is 5.10 Å². The van der Waals surface area contributed by atoms with E-state index in [4.69, 9.17) is 0 Å². The molecular formula is C20H22N6O3S. The van der Waals surface area contributed by atoms with Gasteiger partial charge in [0.05, 0.1) is 11.2 Å². The van der Waals surface area contributed by atoms with Gasteiger partial charge in [0.1, 0.15) is 5.52 Å². The number of nitrogens with zero attached hydrogens (tertiary/aromatic N) is 3. The van der Waals surface area contributed by atoms with Crippen molar-refractivity contribution < 1.29 is 13.2 Å². The average Bonchev–Trinajstić information content (AvgIpc) is 3.40. The minimum atomic E-state index is -4.11. The Kier molecular flexibility index (Phi) is 4.39. The molecule has 2 aromatic carbocycles. The number of aryl methyl sites for hydroxylation is 3. The molecule has 0 fully saturated rings. The molecular weight excluding hydrogens is 404 g/mol. The molecule has 10 heteroatoms. The number of carbonyl (C=O) groups excluding carboxylic acids is 1. The van der Waals surface area contributed by atoms with Crippen LogP contribution in [0.5, 0.6) is 0 Å². The zero-order valence-electron chi connectivity index (χ0n) is 16.5. The van der Waals surface area contributed by atoms with E-state index in [0.717, 1.165) is 60.9 Å². The molecule has 1 aromatic heterocycles. The van der Waals surface area contributed by atoms with Crippen LogP contribution in [-0.4, -0.2) is 29.4 Å². The van der Waals surface area contributed by atoms with Gasteiger partial charge < -0.3 is 5.32 Å². The van der Waals surface area contributed by atoms with Gasteiger partial charge >= 0.3 is 16.2 Å². The fourth-order valence-corrected chi connectivity index (χ4v) is 5.30. The van der Waals surface area contributed by atoms with Gasteiger partial charge in [-0.05, 0) is 79.0 Å². The number of fused-ring (bicyclic) bond motifs is 3. The maximum Gasteiger partial charge on any atom is 0.334 e. The second-order valence-electron chi connectivity index (χ2n) is 7.81. The summed E-state index contributed by atoms with van der Waals surface area (Å²) in [5.41, 5.74) is 7.24. The maximum absolute atomic E-state index is 12.6. The fourth-order valence-electron chi connectivity index (χ4n) is 4.51. The monoisotopic (exact) mass is 426 g/mol. The number of amides is 2. The maximum atomic E-state index is 12.6. The first kappa shape index (κ1) is 18.9. The molecule has 156 valence electrons. The van der Waals surface area contributed by atoms with Gasteiger partial charge in [0.15, 0.2) is 0 Å². The van der Waals surface area contributed by atoms with E-state index in [0.29, 0.717) is 11.2 Å². The first-order valence-electron chi connectivity index (χ1n) is 9.97. The summed E-state index contributed by atoms with van der Waals surface area (Å²) in [6, 6.07) is 6.37. The third-order valence-corrected chi connectivity index (χ3v) is 6.76. The molecule has 0 atom stereocenters. The Morgan fingerprint density at radius 2 is 1.73 bits per heavy atom. The number of nitrogens with one attached hydrogen (secondary N) is 3. The fraction of sp³-hybridized carbons (Fsp3) is 0.350. The Balaban J connectivity index is 1.34. The number of carbonyl (C=O) groups is 1. The van der Waals surface area contributed by atoms with Crippen molar-refractivity contribution in [3.63, 3.8) is 0 Å². The summed E-state index contributed by atoms with van der Waals surface area (Å²) in [6.07, 6.45) is 5.93. The molecule has 0 radical (unpaired) electrons. The molecule has 0 saturated heterocycles. The van der Waals surface area contributed by atoms with Gasteiger partial charge in [-0.1, -0.05) is 11.3 Å². The molecule has 3 N–H and O–H groups in total. The molecule has 0 saturated carbocycles. The lowest BCUT2D eigenvalue weighted by Crippen LogP contribution is -2.38. The normalized spacial score (nSPS) is 15.1. The summed E-state index contributed by atoms with van der Waals surface area (Å²) in [4.78, 5) is 12.6. The van der Waals surface area contributed by atoms with Crippen LogP contribution in [0.2, 0.25) is 0 Å². The van der Waals surface area contributed by atoms with E-state index in [1.54, 1.807) is 29.9 Å². The van der Waals surface area contributed by atoms with Crippen molar-refractivity contribution >= 4 is 38.6 Å². The lowest BCUT2D eigenvalue weighted by molar-refractivity contribution is 0.256. The Bertz CT molecular complexity index is 1250. The molecule has 2 aliphatic carbocycles. The summed E-state index contributed by atoms with van der Waals surface area (Å²) in [7, 11) is -2.36. The highest BCUT2D eigenvalue weighted by molar-refractivity contribution is 7.91. The molecule has 0 aliphatic heterocycles. The quantitative estimate of drug-likeness (QED) is 0.592. The number of hydrogen-bond donors (Lipinski definition) is 3. The minimum absolute atomic E-state index is 0.296. The Hall–Kier alpha value is -3.14. The van der Waals surface area contributed by atoms with Crippen LogP contribution in [-0.2, 0) is 42.9 Å². The van der Waals surface area contributed by atoms with Gasteiger partial charge in [-0.3, -0.25) is 4.72 Å². The van der Waals surface area contributed by atoms with Crippen molar-refractivity contribution in [1.82, 2.24) is 19.7 Å². The van der Waals surface area contributed by atoms with E-state index in [2.05, 4.69) is 31.1 Å². The predicted molar refractivity (Wildman–Crippen MR) is 114 cm³/mol. The first-order chi connectivity index (χ1) is 14.4. The Labute approximate surface area is 174 Å². The van der Waals surface area contributed by atoms with Crippen molar-refractivity contribution in [3.8, 4) is 0 Å². The van der Waals surface area contributed by atoms with Crippen LogP contribution in [0.1, 0.15) is 35.1 Å². The van der Waals surface area contributed by atoms with Crippen LogP contribution in [0, 0.1) is 0 Å². The third kappa shape index (κ3) is 3.36. The van der Waals surface area contributed by atoms with E-state index in [1.165, 1.54) is 11.1 Å². The molecule has 0 bridgehead atoms. The average molecular weight is 427 g/mol. The van der Waals surface area contributed by atoms with E-state index in [9.17, 15) is 13.2 Å². The standard InChI is InChI=1S/C20H22N6O3S/c1-26-18-9-8-14(11-17(18)22-25-26)23-30(28,29)24-20(27)21-19-15-6-2-4-12(15)10-13-5-3-7-16(13)19/h8-11,23H,2-7H2,1H3,(H2,21,24,27). The van der Waals surface area contributed by atoms with E-state index in [-0.39, 0.29) is 0 Å². The minimum Gasteiger partial charge on any atom is -0.307 e. The van der Waals surface area contributed by atoms with Gasteiger partial charge in [0.2, 0.25) is 0 Å². The highest BCUT2D eigenvalue weighted by atomic mass is 32.2. The predicted octanol–water partition coefficient (Wildman–Crippen LogP) is 2.42. The molecule has 2 aliphatic rings. The number of rotatable bonds is 4. The molecule has 0 spiro atoms. The SMILES string of the molecule is Cn1nnc2cc(NS(=O)(=O)NC(=O)Nc3c4c(cc5c3CCC5)CCC4)ccc21. The van der Waals surface area contributed by atoms with Gasteiger partial charge in [-0.2, -0.15) is 8.42 Å². The molecule has 5 rings (SSSR count). The topological polar surface area (TPSA) is 118 Å². The van der Waals surface area contributed by atoms with E-state index in [1.807, 2.05) is 0 Å². The van der Waals surface area contributed by atoms with Gasteiger partial charge in [0.25, 0.3) is 0 Å². The lowest BCUT2D eigenvalue weighted by atomic mass is 9.99. The molecule has 2 amide bonds. The van der Waals surface area contributed by atoms with Crippen LogP contribution in [0.4, 0.5) is 16.2 Å². The summed E-state index contributed by atoms with van der Waals surface area (Å²) >= 11 is 0. The highest BCUT2D eigenvalue weighted by Crippen LogP contribution is 2.38.